The van der Waals surface area contributed by atoms with Crippen LogP contribution in [0, 0.1) is 5.92 Å². The highest BCUT2D eigenvalue weighted by molar-refractivity contribution is 5.85. The first-order valence-corrected chi connectivity index (χ1v) is 6.11. The van der Waals surface area contributed by atoms with Crippen molar-refractivity contribution in [3.63, 3.8) is 0 Å². The average molecular weight is 263 g/mol. The lowest BCUT2D eigenvalue weighted by Crippen LogP contribution is -2.08. The van der Waals surface area contributed by atoms with E-state index in [0.717, 1.165) is 0 Å². The van der Waals surface area contributed by atoms with Crippen molar-refractivity contribution in [2.75, 3.05) is 14.2 Å². The first kappa shape index (κ1) is 13.4. The largest absolute Gasteiger partial charge is 0.497 e. The molecule has 5 heteroatoms. The minimum Gasteiger partial charge on any atom is -0.497 e. The van der Waals surface area contributed by atoms with E-state index in [0.29, 0.717) is 40.6 Å². The monoisotopic (exact) mass is 263 g/mol. The molecule has 0 radical (unpaired) electrons. The highest BCUT2D eigenvalue weighted by atomic mass is 16.5. The molecule has 0 atom stereocenters. The second kappa shape index (κ2) is 5.30. The number of hydrogen-bond donors (Lipinski definition) is 0. The zero-order chi connectivity index (χ0) is 14.0. The van der Waals surface area contributed by atoms with Crippen molar-refractivity contribution >= 4 is 10.9 Å². The van der Waals surface area contributed by atoms with Crippen LogP contribution in [0.4, 0.5) is 0 Å². The Balaban J connectivity index is 2.69. The highest BCUT2D eigenvalue weighted by Crippen LogP contribution is 2.28. The minimum atomic E-state index is -0.430. The maximum absolute atomic E-state index is 12.0. The Bertz CT molecular complexity index is 646. The molecule has 2 rings (SSSR count). The quantitative estimate of drug-likeness (QED) is 0.847. The van der Waals surface area contributed by atoms with Gasteiger partial charge in [-0.15, -0.1) is 0 Å². The number of hydrogen-bond acceptors (Lipinski definition) is 5. The molecule has 0 N–H and O–H groups in total. The third kappa shape index (κ3) is 2.70. The van der Waals surface area contributed by atoms with Gasteiger partial charge < -0.3 is 13.9 Å². The van der Waals surface area contributed by atoms with E-state index in [2.05, 4.69) is 4.98 Å². The van der Waals surface area contributed by atoms with Crippen molar-refractivity contribution in [3.8, 4) is 11.5 Å². The fourth-order valence-electron chi connectivity index (χ4n) is 1.90. The maximum Gasteiger partial charge on any atom is 0.350 e. The Morgan fingerprint density at radius 3 is 2.58 bits per heavy atom. The van der Waals surface area contributed by atoms with Crippen molar-refractivity contribution in [1.82, 2.24) is 4.98 Å². The Morgan fingerprint density at radius 2 is 2.00 bits per heavy atom. The minimum absolute atomic E-state index is 0.343. The van der Waals surface area contributed by atoms with Crippen LogP contribution in [0.2, 0.25) is 0 Å². The fraction of sp³-hybridized carbons (Fsp3) is 0.429. The Kier molecular flexibility index (Phi) is 3.74. The number of ether oxygens (including phenoxy) is 2. The van der Waals surface area contributed by atoms with Crippen LogP contribution in [0.3, 0.4) is 0 Å². The van der Waals surface area contributed by atoms with E-state index in [1.54, 1.807) is 19.2 Å². The van der Waals surface area contributed by atoms with E-state index >= 15 is 0 Å². The molecule has 2 aromatic rings. The van der Waals surface area contributed by atoms with Gasteiger partial charge in [-0.05, 0) is 5.92 Å². The molecular weight excluding hydrogens is 246 g/mol. The number of benzene rings is 1. The number of rotatable bonds is 4. The molecule has 1 aromatic heterocycles. The van der Waals surface area contributed by atoms with Gasteiger partial charge in [0.2, 0.25) is 0 Å². The number of aromatic nitrogens is 1. The lowest BCUT2D eigenvalue weighted by Gasteiger charge is -2.08. The molecule has 0 aliphatic rings. The van der Waals surface area contributed by atoms with Crippen molar-refractivity contribution in [2.45, 2.75) is 20.3 Å². The first-order chi connectivity index (χ1) is 9.05. The van der Waals surface area contributed by atoms with Crippen molar-refractivity contribution in [3.05, 3.63) is 28.4 Å². The smallest absolute Gasteiger partial charge is 0.350 e. The predicted octanol–water partition coefficient (Wildman–Crippen LogP) is 2.40. The summed E-state index contributed by atoms with van der Waals surface area (Å²) >= 11 is 0. The lowest BCUT2D eigenvalue weighted by atomic mass is 10.1. The molecule has 19 heavy (non-hydrogen) atoms. The molecule has 0 bridgehead atoms. The molecule has 5 nitrogen and oxygen atoms in total. The van der Waals surface area contributed by atoms with E-state index < -0.39 is 5.63 Å². The maximum atomic E-state index is 12.0. The molecule has 0 saturated carbocycles. The van der Waals surface area contributed by atoms with Gasteiger partial charge in [-0.3, -0.25) is 0 Å². The van der Waals surface area contributed by atoms with Crippen molar-refractivity contribution < 1.29 is 13.9 Å². The molecule has 0 aliphatic heterocycles. The molecular formula is C14H17NO4. The van der Waals surface area contributed by atoms with Crippen molar-refractivity contribution in [1.29, 1.82) is 0 Å². The third-order valence-corrected chi connectivity index (χ3v) is 2.75. The van der Waals surface area contributed by atoms with Gasteiger partial charge >= 0.3 is 5.63 Å². The molecule has 0 saturated heterocycles. The Labute approximate surface area is 111 Å². The summed E-state index contributed by atoms with van der Waals surface area (Å²) in [5.41, 5.74) is 0.100. The van der Waals surface area contributed by atoms with Crippen molar-refractivity contribution in [2.24, 2.45) is 5.92 Å². The summed E-state index contributed by atoms with van der Waals surface area (Å²) in [5, 5.41) is 0.343. The summed E-state index contributed by atoms with van der Waals surface area (Å²) in [4.78, 5) is 16.4. The summed E-state index contributed by atoms with van der Waals surface area (Å²) in [5.74, 6) is 1.80. The van der Waals surface area contributed by atoms with Crippen LogP contribution in [0.5, 0.6) is 11.5 Å². The Morgan fingerprint density at radius 1 is 1.26 bits per heavy atom. The Hall–Kier alpha value is -2.04. The second-order valence-electron chi connectivity index (χ2n) is 4.72. The average Bonchev–Trinajstić information content (AvgIpc) is 2.36. The van der Waals surface area contributed by atoms with Gasteiger partial charge in [0, 0.05) is 18.6 Å². The summed E-state index contributed by atoms with van der Waals surface area (Å²) in [6.07, 6.45) is 0.616. The van der Waals surface area contributed by atoms with Crippen LogP contribution in [0.1, 0.15) is 19.7 Å². The van der Waals surface area contributed by atoms with Gasteiger partial charge in [0.05, 0.1) is 19.7 Å². The molecule has 0 fully saturated rings. The van der Waals surface area contributed by atoms with E-state index in [4.69, 9.17) is 13.9 Å². The molecule has 0 unspecified atom stereocenters. The number of methoxy groups -OCH3 is 2. The van der Waals surface area contributed by atoms with Crippen LogP contribution in [0.15, 0.2) is 21.3 Å². The topological polar surface area (TPSA) is 61.6 Å². The molecule has 0 amide bonds. The predicted molar refractivity (Wildman–Crippen MR) is 71.9 cm³/mol. The van der Waals surface area contributed by atoms with Crippen LogP contribution >= 0.6 is 0 Å². The zero-order valence-electron chi connectivity index (χ0n) is 11.5. The van der Waals surface area contributed by atoms with Gasteiger partial charge in [-0.2, -0.15) is 0 Å². The molecule has 0 spiro atoms. The summed E-state index contributed by atoms with van der Waals surface area (Å²) in [6, 6.07) is 3.35. The van der Waals surface area contributed by atoms with E-state index in [1.165, 1.54) is 7.11 Å². The number of nitrogens with zero attached hydrogens (tertiary/aromatic N) is 1. The molecule has 0 aliphatic carbocycles. The fourth-order valence-corrected chi connectivity index (χ4v) is 1.90. The zero-order valence-corrected chi connectivity index (χ0v) is 11.5. The standard InChI is InChI=1S/C14H17NO4/c1-8(2)5-12-15-10-6-9(17-3)7-11(18-4)13(10)14(16)19-12/h6-8H,5H2,1-4H3. The first-order valence-electron chi connectivity index (χ1n) is 6.11. The second-order valence-corrected chi connectivity index (χ2v) is 4.72. The molecule has 1 heterocycles. The third-order valence-electron chi connectivity index (χ3n) is 2.75. The number of fused-ring (bicyclic) bond motifs is 1. The van der Waals surface area contributed by atoms with Crippen LogP contribution < -0.4 is 15.1 Å². The summed E-state index contributed by atoms with van der Waals surface area (Å²) in [6.45, 7) is 4.08. The SMILES string of the molecule is COc1cc(OC)c2c(=O)oc(CC(C)C)nc2c1. The van der Waals surface area contributed by atoms with Gasteiger partial charge in [-0.25, -0.2) is 9.78 Å². The van der Waals surface area contributed by atoms with Gasteiger partial charge in [0.25, 0.3) is 0 Å². The molecule has 102 valence electrons. The van der Waals surface area contributed by atoms with Crippen LogP contribution in [0.25, 0.3) is 10.9 Å². The summed E-state index contributed by atoms with van der Waals surface area (Å²) < 4.78 is 15.6. The lowest BCUT2D eigenvalue weighted by molar-refractivity contribution is 0.391. The van der Waals surface area contributed by atoms with E-state index in [1.807, 2.05) is 13.8 Å². The highest BCUT2D eigenvalue weighted by Gasteiger charge is 2.14. The summed E-state index contributed by atoms with van der Waals surface area (Å²) in [7, 11) is 3.05. The van der Waals surface area contributed by atoms with Gasteiger partial charge in [0.15, 0.2) is 5.89 Å². The normalized spacial score (nSPS) is 11.0. The molecule has 1 aromatic carbocycles. The van der Waals surface area contributed by atoms with Gasteiger partial charge in [0.1, 0.15) is 16.9 Å². The van der Waals surface area contributed by atoms with E-state index in [9.17, 15) is 4.79 Å². The van der Waals surface area contributed by atoms with E-state index in [-0.39, 0.29) is 0 Å². The van der Waals surface area contributed by atoms with Crippen LogP contribution in [-0.2, 0) is 6.42 Å². The van der Waals surface area contributed by atoms with Crippen LogP contribution in [-0.4, -0.2) is 19.2 Å². The van der Waals surface area contributed by atoms with Gasteiger partial charge in [-0.1, -0.05) is 13.8 Å².